The van der Waals surface area contributed by atoms with Gasteiger partial charge in [-0.1, -0.05) is 32.4 Å². The Bertz CT molecular complexity index is 225. The van der Waals surface area contributed by atoms with Gasteiger partial charge in [0.2, 0.25) is 0 Å². The minimum absolute atomic E-state index is 0.229. The normalized spacial score (nSPS) is 25.9. The number of carbonyl (C=O) groups is 1. The van der Waals surface area contributed by atoms with Crippen LogP contribution in [0.4, 0.5) is 0 Å². The van der Waals surface area contributed by atoms with E-state index in [2.05, 4.69) is 20.4 Å². The van der Waals surface area contributed by atoms with Crippen molar-refractivity contribution in [3.8, 4) is 0 Å². The Balaban J connectivity index is 2.61. The van der Waals surface area contributed by atoms with Gasteiger partial charge < -0.3 is 0 Å². The molecule has 0 amide bonds. The minimum atomic E-state index is 0.229. The molecule has 1 heteroatoms. The highest BCUT2D eigenvalue weighted by atomic mass is 16.1. The van der Waals surface area contributed by atoms with Gasteiger partial charge in [0, 0.05) is 12.3 Å². The average Bonchev–Trinajstić information content (AvgIpc) is 2.27. The predicted molar refractivity (Wildman–Crippen MR) is 55.6 cm³/mol. The highest BCUT2D eigenvalue weighted by molar-refractivity contribution is 5.84. The maximum Gasteiger partial charge on any atom is 0.140 e. The van der Waals surface area contributed by atoms with Crippen molar-refractivity contribution in [1.29, 1.82) is 0 Å². The predicted octanol–water partition coefficient (Wildman–Crippen LogP) is 3.35. The van der Waals surface area contributed by atoms with E-state index in [0.717, 1.165) is 12.0 Å². The Labute approximate surface area is 81.2 Å². The van der Waals surface area contributed by atoms with E-state index in [-0.39, 0.29) is 11.3 Å². The van der Waals surface area contributed by atoms with Crippen LogP contribution in [0.15, 0.2) is 12.2 Å². The molecule has 1 fully saturated rings. The summed E-state index contributed by atoms with van der Waals surface area (Å²) in [6.45, 7) is 10.1. The van der Waals surface area contributed by atoms with Gasteiger partial charge >= 0.3 is 0 Å². The summed E-state index contributed by atoms with van der Waals surface area (Å²) < 4.78 is 0. The lowest BCUT2D eigenvalue weighted by Gasteiger charge is -2.25. The molecule has 0 aromatic carbocycles. The quantitative estimate of drug-likeness (QED) is 0.609. The molecule has 0 spiro atoms. The SMILES string of the molecule is C=C(C)CC(=O)C1CCCC1(C)C. The van der Waals surface area contributed by atoms with Crippen molar-refractivity contribution in [2.75, 3.05) is 0 Å². The lowest BCUT2D eigenvalue weighted by Crippen LogP contribution is -2.25. The highest BCUT2D eigenvalue weighted by Gasteiger charge is 2.38. The molecule has 74 valence electrons. The number of ketones is 1. The molecule has 1 atom stereocenters. The monoisotopic (exact) mass is 180 g/mol. The molecule has 1 unspecified atom stereocenters. The largest absolute Gasteiger partial charge is 0.299 e. The molecule has 0 aliphatic heterocycles. The lowest BCUT2D eigenvalue weighted by molar-refractivity contribution is -0.124. The van der Waals surface area contributed by atoms with Crippen LogP contribution in [-0.2, 0) is 4.79 Å². The van der Waals surface area contributed by atoms with Gasteiger partial charge in [-0.2, -0.15) is 0 Å². The third-order valence-electron chi connectivity index (χ3n) is 3.12. The molecule has 0 N–H and O–H groups in total. The Morgan fingerprint density at radius 2 is 2.15 bits per heavy atom. The van der Waals surface area contributed by atoms with E-state index in [1.54, 1.807) is 0 Å². The molecule has 1 aliphatic carbocycles. The van der Waals surface area contributed by atoms with Crippen LogP contribution in [0.2, 0.25) is 0 Å². The smallest absolute Gasteiger partial charge is 0.140 e. The molecule has 0 aromatic heterocycles. The molecule has 0 bridgehead atoms. The Morgan fingerprint density at radius 3 is 2.54 bits per heavy atom. The number of hydrogen-bond acceptors (Lipinski definition) is 1. The molecule has 0 saturated heterocycles. The third kappa shape index (κ3) is 2.43. The van der Waals surface area contributed by atoms with Gasteiger partial charge in [-0.3, -0.25) is 4.79 Å². The lowest BCUT2D eigenvalue weighted by atomic mass is 9.78. The fourth-order valence-electron chi connectivity index (χ4n) is 2.34. The van der Waals surface area contributed by atoms with Gasteiger partial charge in [-0.25, -0.2) is 0 Å². The summed E-state index contributed by atoms with van der Waals surface area (Å²) >= 11 is 0. The fourth-order valence-corrected chi connectivity index (χ4v) is 2.34. The van der Waals surface area contributed by atoms with E-state index in [1.807, 2.05) is 6.92 Å². The zero-order valence-electron chi connectivity index (χ0n) is 9.02. The van der Waals surface area contributed by atoms with Crippen LogP contribution in [0.5, 0.6) is 0 Å². The molecule has 1 rings (SSSR count). The van der Waals surface area contributed by atoms with Gasteiger partial charge in [0.1, 0.15) is 5.78 Å². The summed E-state index contributed by atoms with van der Waals surface area (Å²) in [4.78, 5) is 11.8. The molecular formula is C12H20O. The van der Waals surface area contributed by atoms with E-state index in [9.17, 15) is 4.79 Å². The van der Waals surface area contributed by atoms with Crippen LogP contribution >= 0.6 is 0 Å². The van der Waals surface area contributed by atoms with Gasteiger partial charge in [0.15, 0.2) is 0 Å². The van der Waals surface area contributed by atoms with Crippen molar-refractivity contribution in [2.45, 2.75) is 46.5 Å². The first-order valence-corrected chi connectivity index (χ1v) is 5.10. The Morgan fingerprint density at radius 1 is 1.54 bits per heavy atom. The number of hydrogen-bond donors (Lipinski definition) is 0. The second-order valence-corrected chi connectivity index (χ2v) is 5.03. The van der Waals surface area contributed by atoms with Crippen LogP contribution in [0.1, 0.15) is 46.5 Å². The van der Waals surface area contributed by atoms with Gasteiger partial charge in [0.25, 0.3) is 0 Å². The van der Waals surface area contributed by atoms with Crippen molar-refractivity contribution < 1.29 is 4.79 Å². The fraction of sp³-hybridized carbons (Fsp3) is 0.750. The molecule has 13 heavy (non-hydrogen) atoms. The second kappa shape index (κ2) is 3.65. The highest BCUT2D eigenvalue weighted by Crippen LogP contribution is 2.43. The van der Waals surface area contributed by atoms with Crippen LogP contribution in [-0.4, -0.2) is 5.78 Å². The molecular weight excluding hydrogens is 160 g/mol. The van der Waals surface area contributed by atoms with Crippen molar-refractivity contribution in [2.24, 2.45) is 11.3 Å². The van der Waals surface area contributed by atoms with Gasteiger partial charge in [-0.15, -0.1) is 0 Å². The van der Waals surface area contributed by atoms with Crippen LogP contribution < -0.4 is 0 Å². The van der Waals surface area contributed by atoms with E-state index in [1.165, 1.54) is 12.8 Å². The molecule has 0 heterocycles. The van der Waals surface area contributed by atoms with Gasteiger partial charge in [-0.05, 0) is 25.2 Å². The average molecular weight is 180 g/mol. The van der Waals surface area contributed by atoms with Crippen LogP contribution in [0.25, 0.3) is 0 Å². The number of Topliss-reactive ketones (excluding diaryl/α,β-unsaturated/α-hetero) is 1. The van der Waals surface area contributed by atoms with Crippen molar-refractivity contribution in [3.05, 3.63) is 12.2 Å². The number of carbonyl (C=O) groups excluding carboxylic acids is 1. The van der Waals surface area contributed by atoms with Crippen LogP contribution in [0, 0.1) is 11.3 Å². The van der Waals surface area contributed by atoms with E-state index < -0.39 is 0 Å². The number of rotatable bonds is 3. The summed E-state index contributed by atoms with van der Waals surface area (Å²) in [5.74, 6) is 0.680. The summed E-state index contributed by atoms with van der Waals surface area (Å²) in [6.07, 6.45) is 4.06. The zero-order chi connectivity index (χ0) is 10.1. The summed E-state index contributed by atoms with van der Waals surface area (Å²) in [7, 11) is 0. The first-order chi connectivity index (χ1) is 5.93. The molecule has 1 nitrogen and oxygen atoms in total. The minimum Gasteiger partial charge on any atom is -0.299 e. The van der Waals surface area contributed by atoms with Crippen molar-refractivity contribution in [1.82, 2.24) is 0 Å². The topological polar surface area (TPSA) is 17.1 Å². The zero-order valence-corrected chi connectivity index (χ0v) is 9.02. The summed E-state index contributed by atoms with van der Waals surface area (Å²) in [5, 5.41) is 0. The number of allylic oxidation sites excluding steroid dienone is 1. The van der Waals surface area contributed by atoms with E-state index >= 15 is 0 Å². The molecule has 0 radical (unpaired) electrons. The Hall–Kier alpha value is -0.590. The Kier molecular flexibility index (Phi) is 2.94. The third-order valence-corrected chi connectivity index (χ3v) is 3.12. The van der Waals surface area contributed by atoms with Gasteiger partial charge in [0.05, 0.1) is 0 Å². The maximum absolute atomic E-state index is 11.8. The summed E-state index contributed by atoms with van der Waals surface area (Å²) in [5.41, 5.74) is 1.22. The molecule has 0 aromatic rings. The van der Waals surface area contributed by atoms with E-state index in [0.29, 0.717) is 12.2 Å². The molecule has 1 saturated carbocycles. The van der Waals surface area contributed by atoms with E-state index in [4.69, 9.17) is 0 Å². The molecule has 1 aliphatic rings. The van der Waals surface area contributed by atoms with Crippen molar-refractivity contribution >= 4 is 5.78 Å². The van der Waals surface area contributed by atoms with Crippen molar-refractivity contribution in [3.63, 3.8) is 0 Å². The first kappa shape index (κ1) is 10.5. The maximum atomic E-state index is 11.8. The first-order valence-electron chi connectivity index (χ1n) is 5.10. The summed E-state index contributed by atoms with van der Waals surface area (Å²) in [6, 6.07) is 0. The standard InChI is InChI=1S/C12H20O/c1-9(2)8-11(13)10-6-5-7-12(10,3)4/h10H,1,5-8H2,2-4H3. The van der Waals surface area contributed by atoms with Crippen LogP contribution in [0.3, 0.4) is 0 Å². The second-order valence-electron chi connectivity index (χ2n) is 5.03.